The fraction of sp³-hybridized carbons (Fsp3) is 0.300. The molecule has 3 aromatic rings. The third kappa shape index (κ3) is 7.43. The normalized spacial score (nSPS) is 13.4. The number of carbonyl (C=O) groups excluding carboxylic acids is 3. The zero-order valence-electron chi connectivity index (χ0n) is 21.3. The van der Waals surface area contributed by atoms with Crippen LogP contribution in [0.4, 0.5) is 11.4 Å². The quantitative estimate of drug-likeness (QED) is 0.457. The molecule has 192 valence electrons. The number of anilines is 2. The number of carbonyl (C=O) groups is 3. The lowest BCUT2D eigenvalue weighted by atomic mass is 10.1. The first-order valence-corrected chi connectivity index (χ1v) is 12.8. The molecule has 1 fully saturated rings. The minimum Gasteiger partial charge on any atom is -0.376 e. The molecule has 7 heteroatoms. The molecular weight excluding hydrogens is 464 g/mol. The smallest absolute Gasteiger partial charge is 0.253 e. The highest BCUT2D eigenvalue weighted by atomic mass is 16.2. The van der Waals surface area contributed by atoms with Crippen molar-refractivity contribution in [2.45, 2.75) is 32.2 Å². The van der Waals surface area contributed by atoms with E-state index < -0.39 is 0 Å². The topological polar surface area (TPSA) is 81.8 Å². The second kappa shape index (κ2) is 12.7. The van der Waals surface area contributed by atoms with E-state index in [2.05, 4.69) is 10.6 Å². The Bertz CT molecular complexity index is 1200. The fourth-order valence-electron chi connectivity index (χ4n) is 4.45. The van der Waals surface area contributed by atoms with Gasteiger partial charge in [-0.2, -0.15) is 0 Å². The van der Waals surface area contributed by atoms with E-state index in [4.69, 9.17) is 0 Å². The van der Waals surface area contributed by atoms with Gasteiger partial charge in [0.15, 0.2) is 0 Å². The van der Waals surface area contributed by atoms with Crippen LogP contribution in [0, 0.1) is 0 Å². The van der Waals surface area contributed by atoms with Gasteiger partial charge < -0.3 is 20.4 Å². The predicted octanol–water partition coefficient (Wildman–Crippen LogP) is 5.03. The molecule has 1 heterocycles. The first kappa shape index (κ1) is 25.9. The van der Waals surface area contributed by atoms with E-state index in [1.165, 1.54) is 12.8 Å². The van der Waals surface area contributed by atoms with E-state index in [0.717, 1.165) is 31.5 Å². The van der Waals surface area contributed by atoms with Crippen LogP contribution in [0.5, 0.6) is 0 Å². The van der Waals surface area contributed by atoms with Crippen LogP contribution < -0.4 is 10.6 Å². The maximum Gasteiger partial charge on any atom is 0.253 e. The second-order valence-corrected chi connectivity index (χ2v) is 9.41. The summed E-state index contributed by atoms with van der Waals surface area (Å²) >= 11 is 0. The molecule has 1 aliphatic rings. The molecule has 1 aliphatic heterocycles. The van der Waals surface area contributed by atoms with Gasteiger partial charge in [-0.05, 0) is 60.9 Å². The van der Waals surface area contributed by atoms with Gasteiger partial charge in [-0.25, -0.2) is 0 Å². The molecule has 0 saturated carbocycles. The summed E-state index contributed by atoms with van der Waals surface area (Å²) in [7, 11) is 1.77. The number of benzene rings is 3. The number of amides is 3. The third-order valence-electron chi connectivity index (χ3n) is 6.48. The van der Waals surface area contributed by atoms with Crippen molar-refractivity contribution in [3.05, 3.63) is 95.6 Å². The van der Waals surface area contributed by atoms with Gasteiger partial charge in [0.1, 0.15) is 0 Å². The number of hydrogen-bond donors (Lipinski definition) is 2. The standard InChI is InChI=1S/C30H34N4O3/c1-33(22-23-10-5-4-6-11-23)29(36)25-12-9-13-27(20-25)31-21-28(35)32-26-16-14-24(15-17-26)30(37)34-18-7-2-3-8-19-34/h4-6,9-17,20,31H,2-3,7-8,18-19,21-22H2,1H3,(H,32,35). The largest absolute Gasteiger partial charge is 0.376 e. The molecule has 7 nitrogen and oxygen atoms in total. The maximum atomic E-state index is 12.9. The van der Waals surface area contributed by atoms with Crippen molar-refractivity contribution >= 4 is 29.1 Å². The van der Waals surface area contributed by atoms with Crippen LogP contribution in [0.3, 0.4) is 0 Å². The Hall–Kier alpha value is -4.13. The van der Waals surface area contributed by atoms with E-state index in [1.54, 1.807) is 54.4 Å². The molecule has 3 amide bonds. The highest BCUT2D eigenvalue weighted by Crippen LogP contribution is 2.17. The molecular formula is C30H34N4O3. The van der Waals surface area contributed by atoms with Crippen molar-refractivity contribution in [2.24, 2.45) is 0 Å². The molecule has 0 aromatic heterocycles. The summed E-state index contributed by atoms with van der Waals surface area (Å²) in [6.45, 7) is 2.17. The molecule has 0 atom stereocenters. The van der Waals surface area contributed by atoms with Crippen LogP contribution in [0.25, 0.3) is 0 Å². The Kier molecular flexibility index (Phi) is 8.92. The maximum absolute atomic E-state index is 12.9. The van der Waals surface area contributed by atoms with Gasteiger partial charge in [0, 0.05) is 49.2 Å². The van der Waals surface area contributed by atoms with E-state index in [1.807, 2.05) is 41.3 Å². The third-order valence-corrected chi connectivity index (χ3v) is 6.48. The summed E-state index contributed by atoms with van der Waals surface area (Å²) in [6, 6.07) is 24.0. The van der Waals surface area contributed by atoms with E-state index in [9.17, 15) is 14.4 Å². The van der Waals surface area contributed by atoms with Gasteiger partial charge in [0.05, 0.1) is 6.54 Å². The summed E-state index contributed by atoms with van der Waals surface area (Å²) in [4.78, 5) is 41.7. The average Bonchev–Trinajstić information content (AvgIpc) is 3.22. The van der Waals surface area contributed by atoms with Crippen LogP contribution in [-0.4, -0.2) is 54.2 Å². The molecule has 2 N–H and O–H groups in total. The zero-order valence-corrected chi connectivity index (χ0v) is 21.3. The fourth-order valence-corrected chi connectivity index (χ4v) is 4.45. The van der Waals surface area contributed by atoms with Crippen LogP contribution in [-0.2, 0) is 11.3 Å². The van der Waals surface area contributed by atoms with Gasteiger partial charge in [0.2, 0.25) is 5.91 Å². The lowest BCUT2D eigenvalue weighted by Crippen LogP contribution is -2.31. The molecule has 4 rings (SSSR count). The lowest BCUT2D eigenvalue weighted by molar-refractivity contribution is -0.114. The molecule has 0 radical (unpaired) electrons. The summed E-state index contributed by atoms with van der Waals surface area (Å²) < 4.78 is 0. The Morgan fingerprint density at radius 3 is 2.19 bits per heavy atom. The van der Waals surface area contributed by atoms with Gasteiger partial charge in [-0.1, -0.05) is 49.2 Å². The van der Waals surface area contributed by atoms with E-state index >= 15 is 0 Å². The number of hydrogen-bond acceptors (Lipinski definition) is 4. The van der Waals surface area contributed by atoms with E-state index in [-0.39, 0.29) is 24.3 Å². The monoisotopic (exact) mass is 498 g/mol. The second-order valence-electron chi connectivity index (χ2n) is 9.41. The summed E-state index contributed by atoms with van der Waals surface area (Å²) in [5.74, 6) is -0.262. The molecule has 0 aliphatic carbocycles. The molecule has 0 bridgehead atoms. The highest BCUT2D eigenvalue weighted by Gasteiger charge is 2.17. The first-order chi connectivity index (χ1) is 18.0. The highest BCUT2D eigenvalue weighted by molar-refractivity contribution is 5.97. The van der Waals surface area contributed by atoms with Crippen molar-refractivity contribution in [1.82, 2.24) is 9.80 Å². The van der Waals surface area contributed by atoms with Gasteiger partial charge in [0.25, 0.3) is 11.8 Å². The van der Waals surface area contributed by atoms with Crippen molar-refractivity contribution in [3.8, 4) is 0 Å². The van der Waals surface area contributed by atoms with Crippen molar-refractivity contribution < 1.29 is 14.4 Å². The molecule has 3 aromatic carbocycles. The molecule has 0 unspecified atom stereocenters. The Labute approximate surface area is 218 Å². The first-order valence-electron chi connectivity index (χ1n) is 12.8. The van der Waals surface area contributed by atoms with Crippen molar-refractivity contribution in [3.63, 3.8) is 0 Å². The zero-order chi connectivity index (χ0) is 26.0. The lowest BCUT2D eigenvalue weighted by Gasteiger charge is -2.20. The van der Waals surface area contributed by atoms with E-state index in [0.29, 0.717) is 29.0 Å². The van der Waals surface area contributed by atoms with Crippen molar-refractivity contribution in [1.29, 1.82) is 0 Å². The summed E-state index contributed by atoms with van der Waals surface area (Å²) in [5.41, 5.74) is 3.56. The van der Waals surface area contributed by atoms with Gasteiger partial charge in [-0.15, -0.1) is 0 Å². The number of nitrogens with zero attached hydrogens (tertiary/aromatic N) is 2. The Morgan fingerprint density at radius 1 is 0.784 bits per heavy atom. The van der Waals surface area contributed by atoms with Gasteiger partial charge >= 0.3 is 0 Å². The number of likely N-dealkylation sites (tertiary alicyclic amines) is 1. The summed E-state index contributed by atoms with van der Waals surface area (Å²) in [5, 5.41) is 5.93. The van der Waals surface area contributed by atoms with Crippen LogP contribution >= 0.6 is 0 Å². The van der Waals surface area contributed by atoms with Crippen LogP contribution in [0.2, 0.25) is 0 Å². The Morgan fingerprint density at radius 2 is 1.49 bits per heavy atom. The van der Waals surface area contributed by atoms with Gasteiger partial charge in [-0.3, -0.25) is 14.4 Å². The van der Waals surface area contributed by atoms with Crippen LogP contribution in [0.15, 0.2) is 78.9 Å². The minimum atomic E-state index is -0.218. The SMILES string of the molecule is CN(Cc1ccccc1)C(=O)c1cccc(NCC(=O)Nc2ccc(C(=O)N3CCCCCC3)cc2)c1. The molecule has 0 spiro atoms. The average molecular weight is 499 g/mol. The number of nitrogens with one attached hydrogen (secondary N) is 2. The minimum absolute atomic E-state index is 0.0466. The predicted molar refractivity (Wildman–Crippen MR) is 147 cm³/mol. The summed E-state index contributed by atoms with van der Waals surface area (Å²) in [6.07, 6.45) is 4.45. The van der Waals surface area contributed by atoms with Crippen LogP contribution in [0.1, 0.15) is 52.0 Å². The van der Waals surface area contributed by atoms with Crippen molar-refractivity contribution in [2.75, 3.05) is 37.3 Å². The number of rotatable bonds is 8. The Balaban J connectivity index is 1.27. The molecule has 37 heavy (non-hydrogen) atoms. The molecule has 1 saturated heterocycles.